The molecule has 2 nitrogen and oxygen atoms in total. The Balaban J connectivity index is 1.50. The Kier molecular flexibility index (Phi) is 3.49. The fourth-order valence-corrected chi connectivity index (χ4v) is 4.02. The first kappa shape index (κ1) is 11.0. The highest BCUT2D eigenvalue weighted by molar-refractivity contribution is 4.88. The van der Waals surface area contributed by atoms with Crippen LogP contribution in [0.2, 0.25) is 0 Å². The first-order valence-electron chi connectivity index (χ1n) is 7.25. The van der Waals surface area contributed by atoms with Gasteiger partial charge in [-0.05, 0) is 37.5 Å². The molecule has 2 aliphatic carbocycles. The van der Waals surface area contributed by atoms with Crippen LogP contribution in [0.3, 0.4) is 0 Å². The molecule has 0 amide bonds. The monoisotopic (exact) mass is 223 g/mol. The Labute approximate surface area is 99.1 Å². The minimum atomic E-state index is 0.658. The van der Waals surface area contributed by atoms with Crippen LogP contribution in [0.25, 0.3) is 0 Å². The molecule has 1 saturated heterocycles. The molecular formula is C14H25NO. The van der Waals surface area contributed by atoms with Crippen LogP contribution in [0.5, 0.6) is 0 Å². The zero-order valence-corrected chi connectivity index (χ0v) is 10.3. The fraction of sp³-hybridized carbons (Fsp3) is 1.00. The second-order valence-corrected chi connectivity index (χ2v) is 6.04. The summed E-state index contributed by atoms with van der Waals surface area (Å²) < 4.78 is 5.44. The maximum atomic E-state index is 5.44. The molecule has 4 atom stereocenters. The summed E-state index contributed by atoms with van der Waals surface area (Å²) in [4.78, 5) is 0. The number of ether oxygens (including phenoxy) is 1. The summed E-state index contributed by atoms with van der Waals surface area (Å²) in [5.74, 6) is 2.12. The molecule has 4 unspecified atom stereocenters. The highest BCUT2D eigenvalue weighted by atomic mass is 16.5. The second kappa shape index (κ2) is 5.05. The normalized spacial score (nSPS) is 44.2. The van der Waals surface area contributed by atoms with Gasteiger partial charge in [-0.2, -0.15) is 0 Å². The summed E-state index contributed by atoms with van der Waals surface area (Å²) in [5, 5.41) is 3.83. The van der Waals surface area contributed by atoms with Crippen molar-refractivity contribution in [2.24, 2.45) is 11.8 Å². The van der Waals surface area contributed by atoms with Gasteiger partial charge < -0.3 is 10.1 Å². The van der Waals surface area contributed by atoms with E-state index in [1.54, 1.807) is 0 Å². The van der Waals surface area contributed by atoms with E-state index in [1.165, 1.54) is 51.4 Å². The average Bonchev–Trinajstić information content (AvgIpc) is 2.82. The minimum absolute atomic E-state index is 0.658. The molecule has 0 aromatic carbocycles. The molecule has 92 valence electrons. The number of rotatable bonds is 2. The molecule has 3 rings (SSSR count). The standard InChI is InChI=1S/C14H25NO/c1-2-4-12-9-13(6-5-11(12)3-1)15-14-7-8-16-10-14/h11-15H,1-10H2. The third kappa shape index (κ3) is 2.43. The zero-order chi connectivity index (χ0) is 10.8. The Morgan fingerprint density at radius 1 is 0.812 bits per heavy atom. The lowest BCUT2D eigenvalue weighted by atomic mass is 9.69. The van der Waals surface area contributed by atoms with E-state index in [1.807, 2.05) is 0 Å². The maximum absolute atomic E-state index is 5.44. The third-order valence-electron chi connectivity index (χ3n) is 4.94. The van der Waals surface area contributed by atoms with Crippen LogP contribution in [0.4, 0.5) is 0 Å². The molecule has 2 heteroatoms. The quantitative estimate of drug-likeness (QED) is 0.777. The Morgan fingerprint density at radius 2 is 1.69 bits per heavy atom. The van der Waals surface area contributed by atoms with Crippen molar-refractivity contribution in [3.8, 4) is 0 Å². The summed E-state index contributed by atoms with van der Waals surface area (Å²) in [6, 6.07) is 1.45. The van der Waals surface area contributed by atoms with Crippen molar-refractivity contribution < 1.29 is 4.74 Å². The van der Waals surface area contributed by atoms with Gasteiger partial charge in [0.05, 0.1) is 6.61 Å². The largest absolute Gasteiger partial charge is 0.380 e. The SMILES string of the molecule is C1CCC2CC(NC3CCOC3)CCC2C1. The molecule has 16 heavy (non-hydrogen) atoms. The lowest BCUT2D eigenvalue weighted by molar-refractivity contribution is 0.134. The molecule has 2 saturated carbocycles. The summed E-state index contributed by atoms with van der Waals surface area (Å²) in [6.07, 6.45) is 11.6. The van der Waals surface area contributed by atoms with E-state index < -0.39 is 0 Å². The van der Waals surface area contributed by atoms with Crippen LogP contribution in [0.1, 0.15) is 51.4 Å². The highest BCUT2D eigenvalue weighted by Crippen LogP contribution is 2.40. The predicted octanol–water partition coefficient (Wildman–Crippen LogP) is 2.72. The van der Waals surface area contributed by atoms with Gasteiger partial charge in [0.25, 0.3) is 0 Å². The van der Waals surface area contributed by atoms with Gasteiger partial charge in [0.2, 0.25) is 0 Å². The number of nitrogens with one attached hydrogen (secondary N) is 1. The Hall–Kier alpha value is -0.0800. The second-order valence-electron chi connectivity index (χ2n) is 6.04. The molecule has 0 radical (unpaired) electrons. The number of fused-ring (bicyclic) bond motifs is 1. The highest BCUT2D eigenvalue weighted by Gasteiger charge is 2.33. The van der Waals surface area contributed by atoms with E-state index in [0.29, 0.717) is 6.04 Å². The van der Waals surface area contributed by atoms with Crippen molar-refractivity contribution in [1.29, 1.82) is 0 Å². The van der Waals surface area contributed by atoms with Gasteiger partial charge in [0.15, 0.2) is 0 Å². The number of hydrogen-bond donors (Lipinski definition) is 1. The Bertz CT molecular complexity index is 225. The summed E-state index contributed by atoms with van der Waals surface area (Å²) in [6.45, 7) is 1.92. The summed E-state index contributed by atoms with van der Waals surface area (Å²) >= 11 is 0. The minimum Gasteiger partial charge on any atom is -0.380 e. The molecule has 0 aromatic heterocycles. The van der Waals surface area contributed by atoms with Gasteiger partial charge in [0.1, 0.15) is 0 Å². The molecule has 1 aliphatic heterocycles. The van der Waals surface area contributed by atoms with Gasteiger partial charge in [0, 0.05) is 18.7 Å². The van der Waals surface area contributed by atoms with Crippen molar-refractivity contribution in [3.05, 3.63) is 0 Å². The zero-order valence-electron chi connectivity index (χ0n) is 10.3. The fourth-order valence-electron chi connectivity index (χ4n) is 4.02. The van der Waals surface area contributed by atoms with Crippen LogP contribution >= 0.6 is 0 Å². The molecule has 3 fully saturated rings. The molecule has 3 aliphatic rings. The maximum Gasteiger partial charge on any atom is 0.0620 e. The van der Waals surface area contributed by atoms with Crippen LogP contribution in [-0.2, 0) is 4.74 Å². The molecule has 0 aromatic rings. The number of hydrogen-bond acceptors (Lipinski definition) is 2. The van der Waals surface area contributed by atoms with Crippen LogP contribution < -0.4 is 5.32 Å². The lowest BCUT2D eigenvalue weighted by Gasteiger charge is -2.40. The first-order chi connectivity index (χ1) is 7.92. The van der Waals surface area contributed by atoms with Crippen molar-refractivity contribution >= 4 is 0 Å². The van der Waals surface area contributed by atoms with Crippen molar-refractivity contribution in [1.82, 2.24) is 5.32 Å². The lowest BCUT2D eigenvalue weighted by Crippen LogP contribution is -2.43. The van der Waals surface area contributed by atoms with E-state index in [-0.39, 0.29) is 0 Å². The smallest absolute Gasteiger partial charge is 0.0620 e. The van der Waals surface area contributed by atoms with Crippen molar-refractivity contribution in [3.63, 3.8) is 0 Å². The van der Waals surface area contributed by atoms with Crippen molar-refractivity contribution in [2.75, 3.05) is 13.2 Å². The first-order valence-corrected chi connectivity index (χ1v) is 7.25. The summed E-state index contributed by atoms with van der Waals surface area (Å²) in [5.41, 5.74) is 0. The predicted molar refractivity (Wildman–Crippen MR) is 65.4 cm³/mol. The van der Waals surface area contributed by atoms with Gasteiger partial charge in [-0.3, -0.25) is 0 Å². The van der Waals surface area contributed by atoms with Gasteiger partial charge >= 0.3 is 0 Å². The van der Waals surface area contributed by atoms with E-state index >= 15 is 0 Å². The summed E-state index contributed by atoms with van der Waals surface area (Å²) in [7, 11) is 0. The molecule has 0 bridgehead atoms. The molecule has 0 spiro atoms. The topological polar surface area (TPSA) is 21.3 Å². The third-order valence-corrected chi connectivity index (χ3v) is 4.94. The van der Waals surface area contributed by atoms with E-state index in [9.17, 15) is 0 Å². The van der Waals surface area contributed by atoms with Gasteiger partial charge in [-0.1, -0.05) is 25.7 Å². The van der Waals surface area contributed by atoms with Gasteiger partial charge in [-0.15, -0.1) is 0 Å². The van der Waals surface area contributed by atoms with Gasteiger partial charge in [-0.25, -0.2) is 0 Å². The average molecular weight is 223 g/mol. The van der Waals surface area contributed by atoms with E-state index in [0.717, 1.165) is 31.1 Å². The van der Waals surface area contributed by atoms with E-state index in [4.69, 9.17) is 4.74 Å². The Morgan fingerprint density at radius 3 is 2.50 bits per heavy atom. The van der Waals surface area contributed by atoms with Crippen LogP contribution in [0.15, 0.2) is 0 Å². The van der Waals surface area contributed by atoms with Crippen LogP contribution in [0, 0.1) is 11.8 Å². The molecular weight excluding hydrogens is 198 g/mol. The molecule has 1 heterocycles. The van der Waals surface area contributed by atoms with Crippen LogP contribution in [-0.4, -0.2) is 25.3 Å². The van der Waals surface area contributed by atoms with E-state index in [2.05, 4.69) is 5.32 Å². The van der Waals surface area contributed by atoms with Crippen molar-refractivity contribution in [2.45, 2.75) is 63.5 Å². The molecule has 1 N–H and O–H groups in total.